The number of aryl methyl sites for hydroxylation is 2. The van der Waals surface area contributed by atoms with Crippen molar-refractivity contribution >= 4 is 11.4 Å². The van der Waals surface area contributed by atoms with Crippen LogP contribution in [0.3, 0.4) is 0 Å². The van der Waals surface area contributed by atoms with Gasteiger partial charge in [0.15, 0.2) is 0 Å². The second-order valence-electron chi connectivity index (χ2n) is 4.62. The van der Waals surface area contributed by atoms with Crippen molar-refractivity contribution in [3.8, 4) is 5.75 Å². The predicted octanol–water partition coefficient (Wildman–Crippen LogP) is 2.51. The van der Waals surface area contributed by atoms with Crippen molar-refractivity contribution in [3.63, 3.8) is 0 Å². The van der Waals surface area contributed by atoms with Crippen molar-refractivity contribution in [1.82, 2.24) is 9.78 Å². The summed E-state index contributed by atoms with van der Waals surface area (Å²) >= 11 is 0. The Morgan fingerprint density at radius 3 is 2.86 bits per heavy atom. The lowest BCUT2D eigenvalue weighted by Gasteiger charge is -2.08. The molecule has 0 atom stereocenters. The van der Waals surface area contributed by atoms with Crippen LogP contribution in [0.25, 0.3) is 0 Å². The third-order valence-corrected chi connectivity index (χ3v) is 3.20. The van der Waals surface area contributed by atoms with Crippen LogP contribution < -0.4 is 10.1 Å². The Labute approximate surface area is 122 Å². The third-order valence-electron chi connectivity index (χ3n) is 3.20. The van der Waals surface area contributed by atoms with Crippen molar-refractivity contribution in [3.05, 3.63) is 45.8 Å². The van der Waals surface area contributed by atoms with Gasteiger partial charge in [0.2, 0.25) is 0 Å². The van der Waals surface area contributed by atoms with E-state index in [1.807, 2.05) is 20.2 Å². The zero-order valence-electron chi connectivity index (χ0n) is 12.3. The van der Waals surface area contributed by atoms with Crippen LogP contribution in [0.1, 0.15) is 18.2 Å². The molecule has 0 bridgehead atoms. The van der Waals surface area contributed by atoms with Crippen LogP contribution in [0.15, 0.2) is 24.4 Å². The van der Waals surface area contributed by atoms with E-state index in [-0.39, 0.29) is 5.69 Å². The Balaban J connectivity index is 2.21. The molecule has 1 heterocycles. The van der Waals surface area contributed by atoms with Gasteiger partial charge in [-0.15, -0.1) is 0 Å². The molecule has 2 aromatic rings. The number of nitro groups is 1. The number of nitrogens with zero attached hydrogens (tertiary/aromatic N) is 3. The lowest BCUT2D eigenvalue weighted by Crippen LogP contribution is -2.04. The fraction of sp³-hybridized carbons (Fsp3) is 0.357. The summed E-state index contributed by atoms with van der Waals surface area (Å²) in [6, 6.07) is 4.75. The summed E-state index contributed by atoms with van der Waals surface area (Å²) in [7, 11) is 3.34. The molecule has 7 heteroatoms. The van der Waals surface area contributed by atoms with Crippen LogP contribution in [0.5, 0.6) is 5.75 Å². The fourth-order valence-corrected chi connectivity index (χ4v) is 2.16. The SMILES string of the molecule is CCc1nn(C)cc1CNc1ccc(OC)cc1[N+](=O)[O-]. The monoisotopic (exact) mass is 290 g/mol. The van der Waals surface area contributed by atoms with E-state index < -0.39 is 4.92 Å². The number of hydrogen-bond acceptors (Lipinski definition) is 5. The molecule has 0 radical (unpaired) electrons. The summed E-state index contributed by atoms with van der Waals surface area (Å²) in [5.41, 5.74) is 2.48. The molecule has 0 spiro atoms. The quantitative estimate of drug-likeness (QED) is 0.653. The minimum absolute atomic E-state index is 0.00344. The van der Waals surface area contributed by atoms with Gasteiger partial charge < -0.3 is 10.1 Å². The number of methoxy groups -OCH3 is 1. The van der Waals surface area contributed by atoms with E-state index in [0.717, 1.165) is 17.7 Å². The Bertz CT molecular complexity index is 652. The molecule has 0 saturated heterocycles. The zero-order valence-corrected chi connectivity index (χ0v) is 12.3. The molecule has 0 unspecified atom stereocenters. The average Bonchev–Trinajstić information content (AvgIpc) is 2.84. The van der Waals surface area contributed by atoms with Crippen LogP contribution in [-0.2, 0) is 20.0 Å². The van der Waals surface area contributed by atoms with E-state index in [0.29, 0.717) is 18.0 Å². The molecule has 1 aromatic heterocycles. The smallest absolute Gasteiger partial charge is 0.296 e. The second-order valence-corrected chi connectivity index (χ2v) is 4.62. The van der Waals surface area contributed by atoms with Gasteiger partial charge >= 0.3 is 0 Å². The topological polar surface area (TPSA) is 82.2 Å². The summed E-state index contributed by atoms with van der Waals surface area (Å²) < 4.78 is 6.77. The second kappa shape index (κ2) is 6.25. The van der Waals surface area contributed by atoms with Crippen LogP contribution in [0, 0.1) is 10.1 Å². The molecular weight excluding hydrogens is 272 g/mol. The highest BCUT2D eigenvalue weighted by molar-refractivity contribution is 5.64. The van der Waals surface area contributed by atoms with Crippen molar-refractivity contribution in [2.24, 2.45) is 7.05 Å². The number of hydrogen-bond donors (Lipinski definition) is 1. The van der Waals surface area contributed by atoms with E-state index in [1.54, 1.807) is 16.8 Å². The first-order valence-electron chi connectivity index (χ1n) is 6.62. The molecule has 1 aromatic carbocycles. The van der Waals surface area contributed by atoms with Crippen LogP contribution in [-0.4, -0.2) is 21.8 Å². The number of nitrogens with one attached hydrogen (secondary N) is 1. The number of ether oxygens (including phenoxy) is 1. The van der Waals surface area contributed by atoms with E-state index in [9.17, 15) is 10.1 Å². The Morgan fingerprint density at radius 2 is 2.24 bits per heavy atom. The van der Waals surface area contributed by atoms with Gasteiger partial charge in [-0.1, -0.05) is 6.92 Å². The van der Waals surface area contributed by atoms with Crippen molar-refractivity contribution in [1.29, 1.82) is 0 Å². The van der Waals surface area contributed by atoms with Crippen LogP contribution >= 0.6 is 0 Å². The van der Waals surface area contributed by atoms with Gasteiger partial charge in [-0.3, -0.25) is 14.8 Å². The fourth-order valence-electron chi connectivity index (χ4n) is 2.16. The van der Waals surface area contributed by atoms with Crippen LogP contribution in [0.4, 0.5) is 11.4 Å². The van der Waals surface area contributed by atoms with Gasteiger partial charge in [0.1, 0.15) is 11.4 Å². The maximum Gasteiger partial charge on any atom is 0.296 e. The molecule has 2 rings (SSSR count). The van der Waals surface area contributed by atoms with E-state index in [4.69, 9.17) is 4.74 Å². The molecule has 0 aliphatic heterocycles. The maximum atomic E-state index is 11.1. The minimum Gasteiger partial charge on any atom is -0.496 e. The summed E-state index contributed by atoms with van der Waals surface area (Å²) in [6.07, 6.45) is 2.74. The molecule has 21 heavy (non-hydrogen) atoms. The third kappa shape index (κ3) is 3.31. The summed E-state index contributed by atoms with van der Waals surface area (Å²) in [4.78, 5) is 10.7. The first-order chi connectivity index (χ1) is 10.0. The zero-order chi connectivity index (χ0) is 15.4. The highest BCUT2D eigenvalue weighted by Gasteiger charge is 2.15. The highest BCUT2D eigenvalue weighted by Crippen LogP contribution is 2.29. The molecule has 0 aliphatic carbocycles. The standard InChI is InChI=1S/C14H18N4O3/c1-4-12-10(9-17(2)16-12)8-15-13-6-5-11(21-3)7-14(13)18(19)20/h5-7,9,15H,4,8H2,1-3H3. The average molecular weight is 290 g/mol. The maximum absolute atomic E-state index is 11.1. The summed E-state index contributed by atoms with van der Waals surface area (Å²) in [5, 5.41) is 18.6. The summed E-state index contributed by atoms with van der Waals surface area (Å²) in [5.74, 6) is 0.461. The summed E-state index contributed by atoms with van der Waals surface area (Å²) in [6.45, 7) is 2.52. The Kier molecular flexibility index (Phi) is 4.42. The van der Waals surface area contributed by atoms with E-state index in [2.05, 4.69) is 10.4 Å². The van der Waals surface area contributed by atoms with E-state index in [1.165, 1.54) is 13.2 Å². The van der Waals surface area contributed by atoms with Crippen LogP contribution in [0.2, 0.25) is 0 Å². The lowest BCUT2D eigenvalue weighted by molar-refractivity contribution is -0.384. The Hall–Kier alpha value is -2.57. The molecule has 0 amide bonds. The molecule has 0 saturated carbocycles. The minimum atomic E-state index is -0.422. The Morgan fingerprint density at radius 1 is 1.48 bits per heavy atom. The van der Waals surface area contributed by atoms with Gasteiger partial charge in [0, 0.05) is 25.4 Å². The van der Waals surface area contributed by atoms with Crippen molar-refractivity contribution in [2.75, 3.05) is 12.4 Å². The van der Waals surface area contributed by atoms with Gasteiger partial charge in [0.25, 0.3) is 5.69 Å². The molecule has 0 fully saturated rings. The first kappa shape index (κ1) is 14.8. The van der Waals surface area contributed by atoms with E-state index >= 15 is 0 Å². The number of anilines is 1. The number of aromatic nitrogens is 2. The molecular formula is C14H18N4O3. The largest absolute Gasteiger partial charge is 0.496 e. The molecule has 112 valence electrons. The van der Waals surface area contributed by atoms with Gasteiger partial charge in [-0.25, -0.2) is 0 Å². The predicted molar refractivity (Wildman–Crippen MR) is 79.6 cm³/mol. The van der Waals surface area contributed by atoms with Gasteiger partial charge in [-0.2, -0.15) is 5.10 Å². The van der Waals surface area contributed by atoms with Crippen molar-refractivity contribution in [2.45, 2.75) is 19.9 Å². The number of rotatable bonds is 6. The van der Waals surface area contributed by atoms with Gasteiger partial charge in [-0.05, 0) is 18.6 Å². The molecule has 1 N–H and O–H groups in total. The van der Waals surface area contributed by atoms with Gasteiger partial charge in [0.05, 0.1) is 23.8 Å². The normalized spacial score (nSPS) is 10.4. The first-order valence-corrected chi connectivity index (χ1v) is 6.62. The van der Waals surface area contributed by atoms with Crippen molar-refractivity contribution < 1.29 is 9.66 Å². The molecule has 7 nitrogen and oxygen atoms in total. The number of benzene rings is 1. The lowest BCUT2D eigenvalue weighted by atomic mass is 10.2. The molecule has 0 aliphatic rings. The number of nitro benzene ring substituents is 1. The highest BCUT2D eigenvalue weighted by atomic mass is 16.6.